The standard InChI is InChI=1S/C37H43F2N7O4/c1-37(2,3)50-36(49)44-15-10-23(11-16-44)26-9-8-24(19-30(26)38)27-20-28(33(39)34-29(27)21-31(41-34)35(48)43(4)5)25-7-6-14-45(22-25)32(47)12-17-46-18-13-40-42-46/h7-9,13,18-21,23,41H,6,10-12,14-17,22H2,1-5H3. The predicted molar refractivity (Wildman–Crippen MR) is 185 cm³/mol. The van der Waals surface area contributed by atoms with E-state index in [0.29, 0.717) is 73.1 Å². The highest BCUT2D eigenvalue weighted by atomic mass is 19.1. The number of aromatic nitrogens is 4. The van der Waals surface area contributed by atoms with E-state index in [4.69, 9.17) is 4.74 Å². The normalized spacial score (nSPS) is 15.7. The van der Waals surface area contributed by atoms with Crippen LogP contribution in [0.3, 0.4) is 0 Å². The van der Waals surface area contributed by atoms with Crippen LogP contribution in [0.5, 0.6) is 0 Å². The molecule has 50 heavy (non-hydrogen) atoms. The van der Waals surface area contributed by atoms with Crippen molar-refractivity contribution < 1.29 is 27.9 Å². The van der Waals surface area contributed by atoms with Crippen molar-refractivity contribution in [3.8, 4) is 11.1 Å². The van der Waals surface area contributed by atoms with E-state index in [1.165, 1.54) is 11.0 Å². The Labute approximate surface area is 289 Å². The van der Waals surface area contributed by atoms with Crippen LogP contribution in [0.4, 0.5) is 13.6 Å². The van der Waals surface area contributed by atoms with Crippen LogP contribution in [0.2, 0.25) is 0 Å². The van der Waals surface area contributed by atoms with Crippen LogP contribution >= 0.6 is 0 Å². The maximum absolute atomic E-state index is 16.4. The van der Waals surface area contributed by atoms with Gasteiger partial charge in [-0.25, -0.2) is 13.6 Å². The van der Waals surface area contributed by atoms with E-state index in [1.807, 2.05) is 32.9 Å². The Morgan fingerprint density at radius 3 is 2.44 bits per heavy atom. The van der Waals surface area contributed by atoms with Crippen molar-refractivity contribution in [1.29, 1.82) is 0 Å². The average molecular weight is 688 g/mol. The molecule has 4 heterocycles. The van der Waals surface area contributed by atoms with Crippen molar-refractivity contribution in [2.75, 3.05) is 40.3 Å². The molecule has 0 unspecified atom stereocenters. The molecule has 2 aromatic carbocycles. The lowest BCUT2D eigenvalue weighted by molar-refractivity contribution is -0.131. The summed E-state index contributed by atoms with van der Waals surface area (Å²) in [5.74, 6) is -1.42. The molecule has 0 spiro atoms. The maximum Gasteiger partial charge on any atom is 0.410 e. The molecular formula is C37H43F2N7O4. The zero-order valence-electron chi connectivity index (χ0n) is 29.1. The number of fused-ring (bicyclic) bond motifs is 1. The number of H-pyrrole nitrogens is 1. The number of benzene rings is 2. The highest BCUT2D eigenvalue weighted by Gasteiger charge is 2.30. The van der Waals surface area contributed by atoms with Gasteiger partial charge in [-0.2, -0.15) is 0 Å². The number of likely N-dealkylation sites (tertiary alicyclic amines) is 1. The minimum Gasteiger partial charge on any atom is -0.444 e. The number of nitrogens with zero attached hydrogens (tertiary/aromatic N) is 6. The smallest absolute Gasteiger partial charge is 0.410 e. The third-order valence-electron chi connectivity index (χ3n) is 9.26. The highest BCUT2D eigenvalue weighted by Crippen LogP contribution is 2.39. The van der Waals surface area contributed by atoms with Gasteiger partial charge in [0.25, 0.3) is 5.91 Å². The maximum atomic E-state index is 16.4. The number of amides is 3. The topological polar surface area (TPSA) is 117 Å². The third kappa shape index (κ3) is 7.41. The van der Waals surface area contributed by atoms with Gasteiger partial charge in [-0.05, 0) is 86.4 Å². The first-order valence-corrected chi connectivity index (χ1v) is 16.9. The minimum absolute atomic E-state index is 0.0800. The van der Waals surface area contributed by atoms with Crippen molar-refractivity contribution >= 4 is 34.4 Å². The molecule has 0 aliphatic carbocycles. The Morgan fingerprint density at radius 2 is 1.78 bits per heavy atom. The van der Waals surface area contributed by atoms with E-state index in [-0.39, 0.29) is 53.6 Å². The fraction of sp³-hybridized carbons (Fsp3) is 0.432. The van der Waals surface area contributed by atoms with Gasteiger partial charge in [-0.1, -0.05) is 23.4 Å². The molecule has 0 atom stereocenters. The molecular weight excluding hydrogens is 644 g/mol. The summed E-state index contributed by atoms with van der Waals surface area (Å²) < 4.78 is 39.5. The zero-order valence-corrected chi connectivity index (χ0v) is 29.1. The Hall–Kier alpha value is -5.07. The summed E-state index contributed by atoms with van der Waals surface area (Å²) in [6, 6.07) is 8.35. The number of rotatable bonds is 7. The second kappa shape index (κ2) is 14.0. The SMILES string of the molecule is CN(C)C(=O)c1cc2c(-c3ccc(C4CCN(C(=O)OC(C)(C)C)CC4)c(F)c3)cc(C3=CCCN(C(=O)CCn4ccnn4)C3)c(F)c2[nH]1. The van der Waals surface area contributed by atoms with Gasteiger partial charge < -0.3 is 24.4 Å². The van der Waals surface area contributed by atoms with Gasteiger partial charge >= 0.3 is 6.09 Å². The molecule has 3 amide bonds. The molecule has 2 aromatic heterocycles. The van der Waals surface area contributed by atoms with Crippen molar-refractivity contribution in [2.24, 2.45) is 0 Å². The van der Waals surface area contributed by atoms with Gasteiger partial charge in [0.15, 0.2) is 5.82 Å². The molecule has 13 heteroatoms. The molecule has 4 aromatic rings. The van der Waals surface area contributed by atoms with Crippen LogP contribution in [-0.2, 0) is 16.1 Å². The van der Waals surface area contributed by atoms with E-state index in [1.54, 1.807) is 59.2 Å². The summed E-state index contributed by atoms with van der Waals surface area (Å²) in [4.78, 5) is 46.4. The van der Waals surface area contributed by atoms with Crippen LogP contribution in [0.15, 0.2) is 48.8 Å². The number of hydrogen-bond donors (Lipinski definition) is 1. The zero-order chi connectivity index (χ0) is 35.7. The van der Waals surface area contributed by atoms with Crippen LogP contribution in [0, 0.1) is 11.6 Å². The molecule has 11 nitrogen and oxygen atoms in total. The van der Waals surface area contributed by atoms with E-state index in [9.17, 15) is 14.4 Å². The summed E-state index contributed by atoms with van der Waals surface area (Å²) in [6.45, 7) is 7.49. The third-order valence-corrected chi connectivity index (χ3v) is 9.26. The molecule has 0 saturated carbocycles. The second-order valence-corrected chi connectivity index (χ2v) is 14.2. The van der Waals surface area contributed by atoms with E-state index in [2.05, 4.69) is 15.3 Å². The first-order chi connectivity index (χ1) is 23.8. The lowest BCUT2D eigenvalue weighted by Gasteiger charge is -2.33. The van der Waals surface area contributed by atoms with E-state index >= 15 is 8.78 Å². The number of carbonyl (C=O) groups is 3. The van der Waals surface area contributed by atoms with Gasteiger partial charge in [-0.15, -0.1) is 5.10 Å². The quantitative estimate of drug-likeness (QED) is 0.247. The summed E-state index contributed by atoms with van der Waals surface area (Å²) >= 11 is 0. The molecule has 0 bridgehead atoms. The highest BCUT2D eigenvalue weighted by molar-refractivity contribution is 6.04. The predicted octanol–water partition coefficient (Wildman–Crippen LogP) is 6.23. The molecule has 1 fully saturated rings. The van der Waals surface area contributed by atoms with Gasteiger partial charge in [0.2, 0.25) is 5.91 Å². The van der Waals surface area contributed by atoms with Crippen LogP contribution in [0.25, 0.3) is 27.6 Å². The molecule has 0 radical (unpaired) electrons. The second-order valence-electron chi connectivity index (χ2n) is 14.2. The molecule has 6 rings (SSSR count). The Kier molecular flexibility index (Phi) is 9.77. The number of hydrogen-bond acceptors (Lipinski definition) is 6. The number of aromatic amines is 1. The van der Waals surface area contributed by atoms with Crippen molar-refractivity contribution in [3.63, 3.8) is 0 Å². The monoisotopic (exact) mass is 687 g/mol. The number of piperidine rings is 1. The summed E-state index contributed by atoms with van der Waals surface area (Å²) in [7, 11) is 3.23. The fourth-order valence-corrected chi connectivity index (χ4v) is 6.69. The lowest BCUT2D eigenvalue weighted by atomic mass is 9.87. The van der Waals surface area contributed by atoms with Crippen LogP contribution < -0.4 is 0 Å². The minimum atomic E-state index is -0.592. The van der Waals surface area contributed by atoms with Crippen molar-refractivity contribution in [3.05, 3.63) is 77.3 Å². The number of carbonyl (C=O) groups excluding carboxylic acids is 3. The van der Waals surface area contributed by atoms with E-state index < -0.39 is 17.2 Å². The number of ether oxygens (including phenoxy) is 1. The van der Waals surface area contributed by atoms with Crippen molar-refractivity contribution in [2.45, 2.75) is 64.5 Å². The van der Waals surface area contributed by atoms with Crippen molar-refractivity contribution in [1.82, 2.24) is 34.7 Å². The van der Waals surface area contributed by atoms with Gasteiger partial charge in [-0.3, -0.25) is 14.3 Å². The molecule has 264 valence electrons. The Bertz CT molecular complexity index is 1940. The van der Waals surface area contributed by atoms with Gasteiger partial charge in [0.05, 0.1) is 18.3 Å². The van der Waals surface area contributed by atoms with Gasteiger partial charge in [0, 0.05) is 63.8 Å². The lowest BCUT2D eigenvalue weighted by Crippen LogP contribution is -2.41. The Balaban J connectivity index is 1.29. The largest absolute Gasteiger partial charge is 0.444 e. The number of aryl methyl sites for hydroxylation is 1. The fourth-order valence-electron chi connectivity index (χ4n) is 6.69. The van der Waals surface area contributed by atoms with E-state index in [0.717, 1.165) is 0 Å². The first-order valence-electron chi connectivity index (χ1n) is 16.9. The van der Waals surface area contributed by atoms with Crippen LogP contribution in [-0.4, -0.2) is 98.5 Å². The first kappa shape index (κ1) is 34.8. The van der Waals surface area contributed by atoms with Crippen LogP contribution in [0.1, 0.15) is 74.0 Å². The summed E-state index contributed by atoms with van der Waals surface area (Å²) in [6.07, 6.45) is 6.76. The molecule has 2 aliphatic heterocycles. The molecule has 1 saturated heterocycles. The molecule has 1 N–H and O–H groups in total. The average Bonchev–Trinajstić information content (AvgIpc) is 3.78. The summed E-state index contributed by atoms with van der Waals surface area (Å²) in [5, 5.41) is 8.14. The summed E-state index contributed by atoms with van der Waals surface area (Å²) in [5.41, 5.74) is 2.32. The number of nitrogens with one attached hydrogen (secondary N) is 1. The number of halogens is 2. The van der Waals surface area contributed by atoms with Gasteiger partial charge in [0.1, 0.15) is 17.1 Å². The molecule has 2 aliphatic rings. The Morgan fingerprint density at radius 1 is 1.02 bits per heavy atom.